The first-order valence-corrected chi connectivity index (χ1v) is 8.30. The van der Waals surface area contributed by atoms with Gasteiger partial charge in [-0.2, -0.15) is 0 Å². The van der Waals surface area contributed by atoms with E-state index in [1.165, 1.54) is 0 Å². The first kappa shape index (κ1) is 16.6. The summed E-state index contributed by atoms with van der Waals surface area (Å²) >= 11 is 2.23. The van der Waals surface area contributed by atoms with E-state index in [4.69, 9.17) is 0 Å². The maximum Gasteiger partial charge on any atom is 0.219 e. The van der Waals surface area contributed by atoms with Crippen LogP contribution >= 0.6 is 23.5 Å². The van der Waals surface area contributed by atoms with Crippen LogP contribution in [0.25, 0.3) is 10.8 Å². The first-order chi connectivity index (χ1) is 10.4. The van der Waals surface area contributed by atoms with E-state index in [2.05, 4.69) is 13.2 Å². The summed E-state index contributed by atoms with van der Waals surface area (Å²) < 4.78 is 0. The van der Waals surface area contributed by atoms with Crippen LogP contribution in [0.2, 0.25) is 0 Å². The minimum absolute atomic E-state index is 0.0963. The lowest BCUT2D eigenvalue weighted by atomic mass is 10.1. The van der Waals surface area contributed by atoms with Gasteiger partial charge in [0.2, 0.25) is 10.2 Å². The van der Waals surface area contributed by atoms with Gasteiger partial charge in [0.15, 0.2) is 0 Å². The van der Waals surface area contributed by atoms with Crippen molar-refractivity contribution < 1.29 is 9.59 Å². The number of hydrogen-bond acceptors (Lipinski definition) is 4. The first-order valence-electron chi connectivity index (χ1n) is 6.67. The van der Waals surface area contributed by atoms with Crippen molar-refractivity contribution >= 4 is 44.5 Å². The number of rotatable bonds is 4. The van der Waals surface area contributed by atoms with Gasteiger partial charge in [-0.25, -0.2) is 0 Å². The van der Waals surface area contributed by atoms with Gasteiger partial charge in [0.1, 0.15) is 0 Å². The zero-order chi connectivity index (χ0) is 16.3. The smallest absolute Gasteiger partial charge is 0.219 e. The highest BCUT2D eigenvalue weighted by Crippen LogP contribution is 2.39. The summed E-state index contributed by atoms with van der Waals surface area (Å²) in [5, 5.41) is 1.80. The third-order valence-electron chi connectivity index (χ3n) is 2.94. The molecule has 0 aliphatic heterocycles. The molecule has 22 heavy (non-hydrogen) atoms. The normalized spacial score (nSPS) is 10.5. The second-order valence-corrected chi connectivity index (χ2v) is 6.95. The van der Waals surface area contributed by atoms with Crippen LogP contribution in [0.1, 0.15) is 13.8 Å². The van der Waals surface area contributed by atoms with E-state index in [9.17, 15) is 9.59 Å². The van der Waals surface area contributed by atoms with Crippen molar-refractivity contribution in [2.45, 2.75) is 23.6 Å². The van der Waals surface area contributed by atoms with Gasteiger partial charge in [0.25, 0.3) is 0 Å². The molecule has 0 saturated carbocycles. The van der Waals surface area contributed by atoms with E-state index in [-0.39, 0.29) is 10.2 Å². The number of carbonyl (C=O) groups is 2. The Morgan fingerprint density at radius 3 is 2.09 bits per heavy atom. The molecule has 112 valence electrons. The Morgan fingerprint density at radius 1 is 0.864 bits per heavy atom. The van der Waals surface area contributed by atoms with E-state index >= 15 is 0 Å². The lowest BCUT2D eigenvalue weighted by Crippen LogP contribution is -1.96. The third kappa shape index (κ3) is 3.70. The van der Waals surface area contributed by atoms with Crippen LogP contribution in [0.4, 0.5) is 0 Å². The fourth-order valence-electron chi connectivity index (χ4n) is 1.78. The molecule has 0 bridgehead atoms. The van der Waals surface area contributed by atoms with Gasteiger partial charge >= 0.3 is 0 Å². The molecule has 2 rings (SSSR count). The SMILES string of the molecule is C=C(C)C(=O)Sc1ccc2ccccc2c1SC(=O)C(=C)C. The molecule has 2 nitrogen and oxygen atoms in total. The molecule has 0 aromatic heterocycles. The number of benzene rings is 2. The molecule has 4 heteroatoms. The lowest BCUT2D eigenvalue weighted by Gasteiger charge is -2.11. The number of carbonyl (C=O) groups excluding carboxylic acids is 2. The van der Waals surface area contributed by atoms with Crippen molar-refractivity contribution in [3.05, 3.63) is 60.7 Å². The van der Waals surface area contributed by atoms with Crippen molar-refractivity contribution in [1.29, 1.82) is 0 Å². The van der Waals surface area contributed by atoms with E-state index < -0.39 is 0 Å². The summed E-state index contributed by atoms with van der Waals surface area (Å²) in [6.45, 7) is 10.7. The van der Waals surface area contributed by atoms with Gasteiger partial charge in [-0.1, -0.05) is 43.5 Å². The van der Waals surface area contributed by atoms with E-state index in [1.54, 1.807) is 13.8 Å². The number of hydrogen-bond donors (Lipinski definition) is 0. The average molecular weight is 328 g/mol. The van der Waals surface area contributed by atoms with Crippen molar-refractivity contribution in [2.24, 2.45) is 0 Å². The summed E-state index contributed by atoms with van der Waals surface area (Å²) in [6.07, 6.45) is 0. The van der Waals surface area contributed by atoms with Crippen LogP contribution in [0, 0.1) is 0 Å². The van der Waals surface area contributed by atoms with E-state index in [1.807, 2.05) is 36.4 Å². The second-order valence-electron chi connectivity index (χ2n) is 4.95. The largest absolute Gasteiger partial charge is 0.282 e. The quantitative estimate of drug-likeness (QED) is 0.568. The van der Waals surface area contributed by atoms with Gasteiger partial charge in [0.05, 0.1) is 0 Å². The van der Waals surface area contributed by atoms with Gasteiger partial charge in [-0.05, 0) is 65.4 Å². The van der Waals surface area contributed by atoms with Crippen LogP contribution in [0.15, 0.2) is 70.5 Å². The second kappa shape index (κ2) is 6.99. The Labute approximate surface area is 138 Å². The van der Waals surface area contributed by atoms with Gasteiger partial charge in [-0.15, -0.1) is 0 Å². The molecule has 0 unspecified atom stereocenters. The third-order valence-corrected chi connectivity index (χ3v) is 5.34. The lowest BCUT2D eigenvalue weighted by molar-refractivity contribution is -0.108. The molecule has 0 atom stereocenters. The number of thioether (sulfide) groups is 2. The van der Waals surface area contributed by atoms with Crippen molar-refractivity contribution in [3.63, 3.8) is 0 Å². The highest BCUT2D eigenvalue weighted by Gasteiger charge is 2.16. The maximum absolute atomic E-state index is 12.1. The minimum atomic E-state index is -0.0973. The summed E-state index contributed by atoms with van der Waals surface area (Å²) in [5.74, 6) is 0. The molecule has 0 heterocycles. The highest BCUT2D eigenvalue weighted by molar-refractivity contribution is 8.17. The molecule has 0 spiro atoms. The summed E-state index contributed by atoms with van der Waals surface area (Å²) in [5.41, 5.74) is 0.973. The maximum atomic E-state index is 12.1. The van der Waals surface area contributed by atoms with Gasteiger partial charge in [-0.3, -0.25) is 9.59 Å². The molecule has 0 N–H and O–H groups in total. The molecular weight excluding hydrogens is 312 g/mol. The molecule has 0 radical (unpaired) electrons. The van der Waals surface area contributed by atoms with E-state index in [0.717, 1.165) is 44.1 Å². The average Bonchev–Trinajstić information content (AvgIpc) is 2.49. The standard InChI is InChI=1S/C18H16O2S2/c1-11(2)17(19)21-15-10-9-13-7-5-6-8-14(13)16(15)22-18(20)12(3)4/h5-10H,1,3H2,2,4H3. The molecule has 0 fully saturated rings. The van der Waals surface area contributed by atoms with Crippen LogP contribution in [0.3, 0.4) is 0 Å². The summed E-state index contributed by atoms with van der Waals surface area (Å²) in [6, 6.07) is 11.6. The van der Waals surface area contributed by atoms with Gasteiger partial charge < -0.3 is 0 Å². The predicted molar refractivity (Wildman–Crippen MR) is 95.3 cm³/mol. The Hall–Kier alpha value is -1.78. The zero-order valence-corrected chi connectivity index (χ0v) is 14.1. The predicted octanol–water partition coefficient (Wildman–Crippen LogP) is 5.23. The fraction of sp³-hybridized carbons (Fsp3) is 0.111. The Bertz CT molecular complexity index is 791. The van der Waals surface area contributed by atoms with E-state index in [0.29, 0.717) is 11.1 Å². The van der Waals surface area contributed by atoms with Crippen molar-refractivity contribution in [2.75, 3.05) is 0 Å². The fourth-order valence-corrected chi connectivity index (χ4v) is 3.56. The topological polar surface area (TPSA) is 34.1 Å². The van der Waals surface area contributed by atoms with Crippen LogP contribution in [-0.4, -0.2) is 10.2 Å². The Balaban J connectivity index is 2.54. The summed E-state index contributed by atoms with van der Waals surface area (Å²) in [7, 11) is 0. The number of fused-ring (bicyclic) bond motifs is 1. The van der Waals surface area contributed by atoms with Crippen LogP contribution in [-0.2, 0) is 9.59 Å². The molecule has 0 amide bonds. The Morgan fingerprint density at radius 2 is 1.45 bits per heavy atom. The molecule has 0 aliphatic rings. The monoisotopic (exact) mass is 328 g/mol. The highest BCUT2D eigenvalue weighted by atomic mass is 32.2. The van der Waals surface area contributed by atoms with Crippen LogP contribution in [0.5, 0.6) is 0 Å². The van der Waals surface area contributed by atoms with Crippen molar-refractivity contribution in [3.8, 4) is 0 Å². The van der Waals surface area contributed by atoms with Crippen molar-refractivity contribution in [1.82, 2.24) is 0 Å². The molecule has 2 aromatic rings. The molecule has 0 saturated heterocycles. The molecule has 2 aromatic carbocycles. The summed E-state index contributed by atoms with van der Waals surface area (Å²) in [4.78, 5) is 25.6. The molecular formula is C18H16O2S2. The molecule has 0 aliphatic carbocycles. The van der Waals surface area contributed by atoms with Gasteiger partial charge in [0, 0.05) is 9.79 Å². The van der Waals surface area contributed by atoms with Crippen LogP contribution < -0.4 is 0 Å². The zero-order valence-electron chi connectivity index (χ0n) is 12.5. The minimum Gasteiger partial charge on any atom is -0.282 e. The Kier molecular flexibility index (Phi) is 5.27.